The normalized spacial score (nSPS) is 19.6. The van der Waals surface area contributed by atoms with E-state index in [1.165, 1.54) is 23.5 Å². The lowest BCUT2D eigenvalue weighted by molar-refractivity contribution is -0.136. The number of nitrogens with zero attached hydrogens (tertiary/aromatic N) is 2. The van der Waals surface area contributed by atoms with Crippen molar-refractivity contribution < 1.29 is 19.2 Å². The molecule has 182 valence electrons. The molecule has 1 aliphatic heterocycles. The van der Waals surface area contributed by atoms with Crippen LogP contribution in [-0.4, -0.2) is 51.4 Å². The van der Waals surface area contributed by atoms with Gasteiger partial charge in [-0.15, -0.1) is 11.3 Å². The fourth-order valence-corrected chi connectivity index (χ4v) is 4.93. The maximum Gasteiger partial charge on any atom is 0.243 e. The molecule has 2 N–H and O–H groups in total. The van der Waals surface area contributed by atoms with Crippen molar-refractivity contribution in [3.63, 3.8) is 0 Å². The Morgan fingerprint density at radius 1 is 1.17 bits per heavy atom. The number of thiazole rings is 1. The third kappa shape index (κ3) is 6.37. The highest BCUT2D eigenvalue weighted by Crippen LogP contribution is 2.22. The van der Waals surface area contributed by atoms with Crippen LogP contribution in [0.25, 0.3) is 0 Å². The SMILES string of the molecule is CC(CC(NCc1nccs1)C1=CC(=O)C(=O)C=C1)NC(=O)C1CCC(=O)N1Cc1ccccc1. The van der Waals surface area contributed by atoms with Crippen molar-refractivity contribution in [2.75, 3.05) is 0 Å². The molecule has 1 fully saturated rings. The largest absolute Gasteiger partial charge is 0.352 e. The maximum atomic E-state index is 13.1. The lowest BCUT2D eigenvalue weighted by Gasteiger charge is -2.28. The Labute approximate surface area is 208 Å². The van der Waals surface area contributed by atoms with E-state index in [0.29, 0.717) is 37.9 Å². The second kappa shape index (κ2) is 11.3. The summed E-state index contributed by atoms with van der Waals surface area (Å²) >= 11 is 1.52. The lowest BCUT2D eigenvalue weighted by Crippen LogP contribution is -2.48. The molecule has 0 radical (unpaired) electrons. The first-order valence-corrected chi connectivity index (χ1v) is 12.5. The maximum absolute atomic E-state index is 13.1. The number of benzene rings is 1. The van der Waals surface area contributed by atoms with Gasteiger partial charge in [-0.25, -0.2) is 4.98 Å². The smallest absolute Gasteiger partial charge is 0.243 e. The molecule has 2 aliphatic rings. The second-order valence-corrected chi connectivity index (χ2v) is 9.75. The van der Waals surface area contributed by atoms with Gasteiger partial charge in [-0.1, -0.05) is 36.4 Å². The van der Waals surface area contributed by atoms with E-state index in [9.17, 15) is 19.2 Å². The van der Waals surface area contributed by atoms with Gasteiger partial charge in [-0.05, 0) is 43.1 Å². The summed E-state index contributed by atoms with van der Waals surface area (Å²) in [5.74, 6) is -1.30. The van der Waals surface area contributed by atoms with Crippen molar-refractivity contribution >= 4 is 34.7 Å². The number of nitrogens with one attached hydrogen (secondary N) is 2. The molecule has 3 atom stereocenters. The number of aromatic nitrogens is 1. The average Bonchev–Trinajstić information content (AvgIpc) is 3.49. The molecule has 2 amide bonds. The van der Waals surface area contributed by atoms with Crippen LogP contribution in [0, 0.1) is 0 Å². The standard InChI is InChI=1S/C26H28N4O4S/c1-17(29-26(34)21-8-10-25(33)30(21)16-18-5-3-2-4-6-18)13-20(28-15-24-27-11-12-35-24)19-7-9-22(31)23(32)14-19/h2-7,9,11-12,14,17,20-21,28H,8,10,13,15-16H2,1H3,(H,29,34). The van der Waals surface area contributed by atoms with E-state index in [-0.39, 0.29) is 23.9 Å². The fraction of sp³-hybridized carbons (Fsp3) is 0.346. The number of hydrogen-bond acceptors (Lipinski definition) is 7. The summed E-state index contributed by atoms with van der Waals surface area (Å²) in [6.45, 7) is 2.80. The molecule has 4 rings (SSSR count). The third-order valence-electron chi connectivity index (χ3n) is 6.16. The molecule has 9 heteroatoms. The third-order valence-corrected chi connectivity index (χ3v) is 6.94. The molecule has 3 unspecified atom stereocenters. The van der Waals surface area contributed by atoms with Crippen molar-refractivity contribution in [3.05, 3.63) is 76.3 Å². The number of rotatable bonds is 10. The minimum Gasteiger partial charge on any atom is -0.352 e. The van der Waals surface area contributed by atoms with E-state index >= 15 is 0 Å². The summed E-state index contributed by atoms with van der Waals surface area (Å²) in [5.41, 5.74) is 1.67. The average molecular weight is 493 g/mol. The number of amides is 2. The monoisotopic (exact) mass is 492 g/mol. The predicted octanol–water partition coefficient (Wildman–Crippen LogP) is 2.32. The number of hydrogen-bond donors (Lipinski definition) is 2. The Balaban J connectivity index is 1.41. The Hall–Kier alpha value is -3.43. The van der Waals surface area contributed by atoms with E-state index < -0.39 is 17.6 Å². The Bertz CT molecular complexity index is 1140. The first-order valence-electron chi connectivity index (χ1n) is 11.6. The Morgan fingerprint density at radius 2 is 1.97 bits per heavy atom. The highest BCUT2D eigenvalue weighted by molar-refractivity contribution is 7.09. The van der Waals surface area contributed by atoms with Gasteiger partial charge < -0.3 is 15.5 Å². The minimum atomic E-state index is -0.554. The fourth-order valence-electron chi connectivity index (χ4n) is 4.37. The molecule has 1 aromatic heterocycles. The van der Waals surface area contributed by atoms with Crippen LogP contribution >= 0.6 is 11.3 Å². The van der Waals surface area contributed by atoms with E-state index in [2.05, 4.69) is 15.6 Å². The summed E-state index contributed by atoms with van der Waals surface area (Å²) < 4.78 is 0. The van der Waals surface area contributed by atoms with Gasteiger partial charge in [-0.3, -0.25) is 19.2 Å². The quantitative estimate of drug-likeness (QED) is 0.389. The number of allylic oxidation sites excluding steroid dienone is 2. The van der Waals surface area contributed by atoms with Crippen molar-refractivity contribution in [3.8, 4) is 0 Å². The molecule has 8 nitrogen and oxygen atoms in total. The van der Waals surface area contributed by atoms with Gasteiger partial charge in [0.1, 0.15) is 11.0 Å². The molecule has 1 saturated heterocycles. The van der Waals surface area contributed by atoms with E-state index in [1.54, 1.807) is 17.2 Å². The summed E-state index contributed by atoms with van der Waals surface area (Å²) in [7, 11) is 0. The van der Waals surface area contributed by atoms with E-state index in [1.807, 2.05) is 42.6 Å². The number of ketones is 2. The molecule has 0 saturated carbocycles. The molecular weight excluding hydrogens is 464 g/mol. The van der Waals surface area contributed by atoms with Gasteiger partial charge in [0.2, 0.25) is 23.4 Å². The van der Waals surface area contributed by atoms with Gasteiger partial charge in [0.15, 0.2) is 0 Å². The number of likely N-dealkylation sites (tertiary alicyclic amines) is 1. The van der Waals surface area contributed by atoms with Crippen LogP contribution < -0.4 is 10.6 Å². The van der Waals surface area contributed by atoms with Crippen molar-refractivity contribution in [2.24, 2.45) is 0 Å². The second-order valence-electron chi connectivity index (χ2n) is 8.77. The molecular formula is C26H28N4O4S. The summed E-state index contributed by atoms with van der Waals surface area (Å²) in [4.78, 5) is 55.1. The van der Waals surface area contributed by atoms with Crippen LogP contribution in [-0.2, 0) is 32.3 Å². The highest BCUT2D eigenvalue weighted by Gasteiger charge is 2.36. The molecule has 0 spiro atoms. The summed E-state index contributed by atoms with van der Waals surface area (Å²) in [5, 5.41) is 9.24. The van der Waals surface area contributed by atoms with Gasteiger partial charge in [0, 0.05) is 43.2 Å². The van der Waals surface area contributed by atoms with Crippen LogP contribution in [0.5, 0.6) is 0 Å². The van der Waals surface area contributed by atoms with Gasteiger partial charge in [0.05, 0.1) is 0 Å². The van der Waals surface area contributed by atoms with Crippen LogP contribution in [0.1, 0.15) is 36.8 Å². The molecule has 35 heavy (non-hydrogen) atoms. The first kappa shape index (κ1) is 24.7. The summed E-state index contributed by atoms with van der Waals surface area (Å²) in [6.07, 6.45) is 7.35. The number of carbonyl (C=O) groups excluding carboxylic acids is 4. The van der Waals surface area contributed by atoms with E-state index in [0.717, 1.165) is 10.6 Å². The predicted molar refractivity (Wildman–Crippen MR) is 132 cm³/mol. The van der Waals surface area contributed by atoms with Crippen LogP contribution in [0.15, 0.2) is 65.7 Å². The molecule has 2 heterocycles. The topological polar surface area (TPSA) is 108 Å². The van der Waals surface area contributed by atoms with Crippen molar-refractivity contribution in [1.82, 2.24) is 20.5 Å². The van der Waals surface area contributed by atoms with Crippen molar-refractivity contribution in [2.45, 2.75) is 57.4 Å². The van der Waals surface area contributed by atoms with Crippen molar-refractivity contribution in [1.29, 1.82) is 0 Å². The Morgan fingerprint density at radius 3 is 2.69 bits per heavy atom. The van der Waals surface area contributed by atoms with E-state index in [4.69, 9.17) is 0 Å². The van der Waals surface area contributed by atoms with Crippen LogP contribution in [0.2, 0.25) is 0 Å². The zero-order valence-electron chi connectivity index (χ0n) is 19.5. The Kier molecular flexibility index (Phi) is 7.99. The molecule has 2 aromatic rings. The van der Waals surface area contributed by atoms with Gasteiger partial charge in [-0.2, -0.15) is 0 Å². The lowest BCUT2D eigenvalue weighted by atomic mass is 9.94. The first-order chi connectivity index (χ1) is 16.9. The number of carbonyl (C=O) groups is 4. The zero-order chi connectivity index (χ0) is 24.8. The highest BCUT2D eigenvalue weighted by atomic mass is 32.1. The van der Waals surface area contributed by atoms with Crippen LogP contribution in [0.3, 0.4) is 0 Å². The van der Waals surface area contributed by atoms with Gasteiger partial charge in [0.25, 0.3) is 0 Å². The molecule has 0 bridgehead atoms. The molecule has 1 aliphatic carbocycles. The molecule has 1 aromatic carbocycles. The van der Waals surface area contributed by atoms with Crippen LogP contribution in [0.4, 0.5) is 0 Å². The summed E-state index contributed by atoms with van der Waals surface area (Å²) in [6, 6.07) is 8.61. The minimum absolute atomic E-state index is 0.0228. The van der Waals surface area contributed by atoms with Gasteiger partial charge >= 0.3 is 0 Å². The zero-order valence-corrected chi connectivity index (χ0v) is 20.3.